The molecule has 2 heterocycles. The molecule has 1 fully saturated rings. The summed E-state index contributed by atoms with van der Waals surface area (Å²) in [5, 5.41) is 10.3. The highest BCUT2D eigenvalue weighted by atomic mass is 19.1. The topological polar surface area (TPSA) is 62.5 Å². The van der Waals surface area contributed by atoms with Crippen LogP contribution >= 0.6 is 0 Å². The van der Waals surface area contributed by atoms with Crippen LogP contribution in [-0.2, 0) is 11.3 Å². The van der Waals surface area contributed by atoms with E-state index in [-0.39, 0.29) is 24.3 Å². The molecule has 144 valence electrons. The van der Waals surface area contributed by atoms with Crippen LogP contribution < -0.4 is 0 Å². The van der Waals surface area contributed by atoms with Crippen LogP contribution in [0.25, 0.3) is 10.9 Å². The number of carboxylic acids is 1. The molecule has 1 aliphatic rings. The van der Waals surface area contributed by atoms with Gasteiger partial charge < -0.3 is 14.6 Å². The van der Waals surface area contributed by atoms with Crippen molar-refractivity contribution in [1.29, 1.82) is 0 Å². The average molecular weight is 380 g/mol. The lowest BCUT2D eigenvalue weighted by Gasteiger charge is -2.24. The molecule has 2 unspecified atom stereocenters. The summed E-state index contributed by atoms with van der Waals surface area (Å²) in [7, 11) is 0. The van der Waals surface area contributed by atoms with Crippen molar-refractivity contribution in [3.8, 4) is 0 Å². The van der Waals surface area contributed by atoms with Gasteiger partial charge in [-0.25, -0.2) is 4.39 Å². The van der Waals surface area contributed by atoms with Gasteiger partial charge in [-0.3, -0.25) is 9.59 Å². The Morgan fingerprint density at radius 2 is 1.86 bits per heavy atom. The molecule has 28 heavy (non-hydrogen) atoms. The number of nitrogens with zero attached hydrogens (tertiary/aromatic N) is 2. The molecule has 6 heteroatoms. The Morgan fingerprint density at radius 3 is 2.57 bits per heavy atom. The minimum Gasteiger partial charge on any atom is -0.481 e. The molecule has 4 rings (SSSR count). The van der Waals surface area contributed by atoms with Crippen molar-refractivity contribution in [2.75, 3.05) is 6.54 Å². The number of hydrogen-bond donors (Lipinski definition) is 1. The maximum atomic E-state index is 14.2. The monoisotopic (exact) mass is 380 g/mol. The van der Waals surface area contributed by atoms with Crippen LogP contribution in [0.1, 0.15) is 29.4 Å². The van der Waals surface area contributed by atoms with Gasteiger partial charge in [0.15, 0.2) is 0 Å². The van der Waals surface area contributed by atoms with E-state index in [2.05, 4.69) is 0 Å². The predicted octanol–water partition coefficient (Wildman–Crippen LogP) is 3.76. The van der Waals surface area contributed by atoms with Crippen molar-refractivity contribution in [3.63, 3.8) is 0 Å². The Kier molecular flexibility index (Phi) is 4.63. The number of carbonyl (C=O) groups excluding carboxylic acids is 1. The number of carbonyl (C=O) groups is 2. The summed E-state index contributed by atoms with van der Waals surface area (Å²) in [5.74, 6) is -1.98. The highest BCUT2D eigenvalue weighted by Gasteiger charge is 2.39. The molecule has 3 aromatic rings. The van der Waals surface area contributed by atoms with Gasteiger partial charge in [0, 0.05) is 29.1 Å². The van der Waals surface area contributed by atoms with E-state index in [1.54, 1.807) is 36.1 Å². The Bertz CT molecular complexity index is 1060. The number of fused-ring (bicyclic) bond motifs is 1. The van der Waals surface area contributed by atoms with Crippen LogP contribution in [0, 0.1) is 11.7 Å². The number of rotatable bonds is 4. The fraction of sp³-hybridized carbons (Fsp3) is 0.273. The summed E-state index contributed by atoms with van der Waals surface area (Å²) in [6.45, 7) is 2.40. The minimum absolute atomic E-state index is 0.219. The van der Waals surface area contributed by atoms with Gasteiger partial charge in [0.25, 0.3) is 5.91 Å². The standard InChI is InChI=1S/C22H21FN2O3/c1-14-17(22(27)28)10-11-24(14)21(26)20-12-15-6-3-5-9-19(15)25(20)13-16-7-2-4-8-18(16)23/h2-9,12,14,17H,10-11,13H2,1H3,(H,27,28). The smallest absolute Gasteiger partial charge is 0.308 e. The Balaban J connectivity index is 1.76. The molecule has 1 saturated heterocycles. The highest BCUT2D eigenvalue weighted by molar-refractivity contribution is 5.99. The van der Waals surface area contributed by atoms with E-state index < -0.39 is 11.9 Å². The first-order valence-electron chi connectivity index (χ1n) is 9.33. The van der Waals surface area contributed by atoms with E-state index in [0.29, 0.717) is 24.2 Å². The molecule has 1 aromatic heterocycles. The molecule has 1 amide bonds. The van der Waals surface area contributed by atoms with E-state index in [9.17, 15) is 19.1 Å². The molecule has 1 aliphatic heterocycles. The first-order chi connectivity index (χ1) is 13.5. The molecule has 1 N–H and O–H groups in total. The fourth-order valence-electron chi connectivity index (χ4n) is 4.06. The Hall–Kier alpha value is -3.15. The Labute approximate surface area is 162 Å². The number of aromatic nitrogens is 1. The van der Waals surface area contributed by atoms with Gasteiger partial charge in [0.1, 0.15) is 11.5 Å². The van der Waals surface area contributed by atoms with E-state index in [0.717, 1.165) is 10.9 Å². The number of carboxylic acid groups (broad SMARTS) is 1. The molecule has 0 aliphatic carbocycles. The summed E-state index contributed by atoms with van der Waals surface area (Å²) in [6, 6.07) is 15.5. The normalized spacial score (nSPS) is 19.3. The second kappa shape index (κ2) is 7.11. The SMILES string of the molecule is CC1C(C(=O)O)CCN1C(=O)c1cc2ccccc2n1Cc1ccccc1F. The zero-order valence-corrected chi connectivity index (χ0v) is 15.5. The second-order valence-corrected chi connectivity index (χ2v) is 7.24. The third-order valence-electron chi connectivity index (χ3n) is 5.65. The third kappa shape index (κ3) is 3.05. The van der Waals surface area contributed by atoms with Crippen LogP contribution in [0.4, 0.5) is 4.39 Å². The minimum atomic E-state index is -0.880. The van der Waals surface area contributed by atoms with Crippen molar-refractivity contribution in [1.82, 2.24) is 9.47 Å². The van der Waals surface area contributed by atoms with Crippen LogP contribution in [0.15, 0.2) is 54.6 Å². The Morgan fingerprint density at radius 1 is 1.14 bits per heavy atom. The molecule has 0 bridgehead atoms. The zero-order valence-electron chi connectivity index (χ0n) is 15.5. The van der Waals surface area contributed by atoms with Crippen LogP contribution in [0.5, 0.6) is 0 Å². The lowest BCUT2D eigenvalue weighted by molar-refractivity contribution is -0.142. The van der Waals surface area contributed by atoms with Crippen LogP contribution in [0.2, 0.25) is 0 Å². The van der Waals surface area contributed by atoms with Gasteiger partial charge in [0.05, 0.1) is 12.5 Å². The summed E-state index contributed by atoms with van der Waals surface area (Å²) in [4.78, 5) is 26.3. The molecule has 0 spiro atoms. The van der Waals surface area contributed by atoms with E-state index >= 15 is 0 Å². The first kappa shape index (κ1) is 18.2. The van der Waals surface area contributed by atoms with Gasteiger partial charge >= 0.3 is 5.97 Å². The van der Waals surface area contributed by atoms with E-state index in [1.807, 2.05) is 28.8 Å². The van der Waals surface area contributed by atoms with Gasteiger partial charge in [0.2, 0.25) is 0 Å². The summed E-state index contributed by atoms with van der Waals surface area (Å²) >= 11 is 0. The number of amides is 1. The van der Waals surface area contributed by atoms with Crippen LogP contribution in [0.3, 0.4) is 0 Å². The lowest BCUT2D eigenvalue weighted by Crippen LogP contribution is -2.38. The quantitative estimate of drug-likeness (QED) is 0.750. The van der Waals surface area contributed by atoms with E-state index in [1.165, 1.54) is 6.07 Å². The molecule has 2 aromatic carbocycles. The van der Waals surface area contributed by atoms with Gasteiger partial charge in [-0.05, 0) is 31.5 Å². The number of hydrogen-bond acceptors (Lipinski definition) is 2. The summed E-state index contributed by atoms with van der Waals surface area (Å²) < 4.78 is 16.1. The lowest BCUT2D eigenvalue weighted by atomic mass is 10.0. The maximum Gasteiger partial charge on any atom is 0.308 e. The number of benzene rings is 2. The molecule has 0 radical (unpaired) electrons. The molecular formula is C22H21FN2O3. The number of aliphatic carboxylic acids is 1. The van der Waals surface area contributed by atoms with Gasteiger partial charge in [-0.1, -0.05) is 36.4 Å². The predicted molar refractivity (Wildman–Crippen MR) is 104 cm³/mol. The van der Waals surface area contributed by atoms with Crippen molar-refractivity contribution in [2.45, 2.75) is 25.9 Å². The van der Waals surface area contributed by atoms with Crippen molar-refractivity contribution >= 4 is 22.8 Å². The molecular weight excluding hydrogens is 359 g/mol. The van der Waals surface area contributed by atoms with Gasteiger partial charge in [-0.15, -0.1) is 0 Å². The maximum absolute atomic E-state index is 14.2. The largest absolute Gasteiger partial charge is 0.481 e. The first-order valence-corrected chi connectivity index (χ1v) is 9.33. The molecule has 0 saturated carbocycles. The van der Waals surface area contributed by atoms with Crippen molar-refractivity contribution < 1.29 is 19.1 Å². The second-order valence-electron chi connectivity index (χ2n) is 7.24. The van der Waals surface area contributed by atoms with Crippen molar-refractivity contribution in [3.05, 3.63) is 71.7 Å². The van der Waals surface area contributed by atoms with Crippen LogP contribution in [-0.4, -0.2) is 39.0 Å². The summed E-state index contributed by atoms with van der Waals surface area (Å²) in [5.41, 5.74) is 1.79. The van der Waals surface area contributed by atoms with E-state index in [4.69, 9.17) is 0 Å². The zero-order chi connectivity index (χ0) is 19.8. The average Bonchev–Trinajstić information content (AvgIpc) is 3.24. The fourth-order valence-corrected chi connectivity index (χ4v) is 4.06. The van der Waals surface area contributed by atoms with Crippen molar-refractivity contribution in [2.24, 2.45) is 5.92 Å². The third-order valence-corrected chi connectivity index (χ3v) is 5.65. The number of halogens is 1. The highest BCUT2D eigenvalue weighted by Crippen LogP contribution is 2.29. The number of para-hydroxylation sites is 1. The molecule has 2 atom stereocenters. The molecule has 5 nitrogen and oxygen atoms in total. The van der Waals surface area contributed by atoms with Gasteiger partial charge in [-0.2, -0.15) is 0 Å². The summed E-state index contributed by atoms with van der Waals surface area (Å²) in [6.07, 6.45) is 0.440. The number of likely N-dealkylation sites (tertiary alicyclic amines) is 1.